The zero-order valence-corrected chi connectivity index (χ0v) is 16.8. The van der Waals surface area contributed by atoms with Crippen LogP contribution in [0.3, 0.4) is 0 Å². The number of methoxy groups -OCH3 is 1. The first kappa shape index (κ1) is 19.2. The van der Waals surface area contributed by atoms with Gasteiger partial charge in [0.1, 0.15) is 12.3 Å². The topological polar surface area (TPSA) is 64.4 Å². The molecule has 4 rings (SSSR count). The molecule has 2 heterocycles. The molecule has 1 aromatic heterocycles. The Balaban J connectivity index is 1.46. The van der Waals surface area contributed by atoms with Crippen LogP contribution in [0.15, 0.2) is 48.8 Å². The maximum Gasteiger partial charge on any atom is 0.242 e. The average molecular weight is 391 g/mol. The zero-order chi connectivity index (χ0) is 20.4. The zero-order valence-electron chi connectivity index (χ0n) is 16.8. The molecule has 1 unspecified atom stereocenters. The standard InChI is InChI=1S/C23H25N3O3/c1-16-12-18(29-2)9-10-19(16)23(28)17-6-5-11-25(13-17)22(27)14-26-15-24-20-7-3-4-8-21(20)26/h3-4,7-10,12,15,17H,5-6,11,13-14H2,1-2H3. The summed E-state index contributed by atoms with van der Waals surface area (Å²) in [7, 11) is 1.62. The van der Waals surface area contributed by atoms with Crippen molar-refractivity contribution in [3.05, 3.63) is 59.9 Å². The number of aromatic nitrogens is 2. The molecule has 6 nitrogen and oxygen atoms in total. The number of para-hydroxylation sites is 2. The van der Waals surface area contributed by atoms with Crippen LogP contribution in [0.25, 0.3) is 11.0 Å². The third-order valence-electron chi connectivity index (χ3n) is 5.68. The van der Waals surface area contributed by atoms with E-state index in [4.69, 9.17) is 4.74 Å². The van der Waals surface area contributed by atoms with Crippen LogP contribution in [-0.2, 0) is 11.3 Å². The lowest BCUT2D eigenvalue weighted by molar-refractivity contribution is -0.133. The molecule has 1 aliphatic heterocycles. The van der Waals surface area contributed by atoms with E-state index in [1.54, 1.807) is 13.4 Å². The summed E-state index contributed by atoms with van der Waals surface area (Å²) in [6.45, 7) is 3.32. The predicted molar refractivity (Wildman–Crippen MR) is 111 cm³/mol. The van der Waals surface area contributed by atoms with Gasteiger partial charge in [0.15, 0.2) is 5.78 Å². The molecular weight excluding hydrogens is 366 g/mol. The van der Waals surface area contributed by atoms with E-state index in [9.17, 15) is 9.59 Å². The second-order valence-electron chi connectivity index (χ2n) is 7.59. The average Bonchev–Trinajstić information content (AvgIpc) is 3.16. The number of benzene rings is 2. The number of nitrogens with zero attached hydrogens (tertiary/aromatic N) is 3. The van der Waals surface area contributed by atoms with Gasteiger partial charge in [0.25, 0.3) is 0 Å². The van der Waals surface area contributed by atoms with Crippen LogP contribution < -0.4 is 4.74 Å². The monoisotopic (exact) mass is 391 g/mol. The SMILES string of the molecule is COc1ccc(C(=O)C2CCCN(C(=O)Cn3cnc4ccccc43)C2)c(C)c1. The Hall–Kier alpha value is -3.15. The van der Waals surface area contributed by atoms with E-state index in [0.29, 0.717) is 18.7 Å². The summed E-state index contributed by atoms with van der Waals surface area (Å²) >= 11 is 0. The lowest BCUT2D eigenvalue weighted by Gasteiger charge is -2.32. The number of aryl methyl sites for hydroxylation is 1. The second kappa shape index (κ2) is 8.07. The fraction of sp³-hybridized carbons (Fsp3) is 0.348. The summed E-state index contributed by atoms with van der Waals surface area (Å²) < 4.78 is 7.10. The molecule has 6 heteroatoms. The van der Waals surface area contributed by atoms with Crippen LogP contribution in [0.4, 0.5) is 0 Å². The van der Waals surface area contributed by atoms with Gasteiger partial charge >= 0.3 is 0 Å². The van der Waals surface area contributed by atoms with Gasteiger partial charge in [-0.25, -0.2) is 4.98 Å². The summed E-state index contributed by atoms with van der Waals surface area (Å²) in [5.74, 6) is 0.708. The molecule has 0 radical (unpaired) electrons. The van der Waals surface area contributed by atoms with Gasteiger partial charge in [-0.3, -0.25) is 9.59 Å². The molecular formula is C23H25N3O3. The number of rotatable bonds is 5. The van der Waals surface area contributed by atoms with Gasteiger partial charge in [-0.1, -0.05) is 12.1 Å². The highest BCUT2D eigenvalue weighted by molar-refractivity contribution is 5.99. The second-order valence-corrected chi connectivity index (χ2v) is 7.59. The number of likely N-dealkylation sites (tertiary alicyclic amines) is 1. The molecule has 1 atom stereocenters. The van der Waals surface area contributed by atoms with Gasteiger partial charge in [0, 0.05) is 24.6 Å². The van der Waals surface area contributed by atoms with Crippen molar-refractivity contribution in [2.24, 2.45) is 5.92 Å². The number of Topliss-reactive ketones (excluding diaryl/α,β-unsaturated/α-hetero) is 1. The van der Waals surface area contributed by atoms with E-state index in [0.717, 1.165) is 35.2 Å². The molecule has 3 aromatic rings. The molecule has 0 N–H and O–H groups in total. The minimum Gasteiger partial charge on any atom is -0.497 e. The summed E-state index contributed by atoms with van der Waals surface area (Å²) in [4.78, 5) is 32.2. The van der Waals surface area contributed by atoms with Crippen LogP contribution in [0.5, 0.6) is 5.75 Å². The lowest BCUT2D eigenvalue weighted by atomic mass is 9.88. The Kier molecular flexibility index (Phi) is 5.34. The van der Waals surface area contributed by atoms with E-state index in [-0.39, 0.29) is 24.2 Å². The van der Waals surface area contributed by atoms with Crippen molar-refractivity contribution < 1.29 is 14.3 Å². The van der Waals surface area contributed by atoms with Crippen molar-refractivity contribution in [2.45, 2.75) is 26.3 Å². The Morgan fingerprint density at radius 1 is 1.21 bits per heavy atom. The summed E-state index contributed by atoms with van der Waals surface area (Å²) in [5.41, 5.74) is 3.44. The Morgan fingerprint density at radius 2 is 2.03 bits per heavy atom. The van der Waals surface area contributed by atoms with Gasteiger partial charge in [0.2, 0.25) is 5.91 Å². The number of amides is 1. The highest BCUT2D eigenvalue weighted by Gasteiger charge is 2.29. The third kappa shape index (κ3) is 3.88. The molecule has 0 saturated carbocycles. The van der Waals surface area contributed by atoms with Crippen molar-refractivity contribution in [1.82, 2.24) is 14.5 Å². The molecule has 0 spiro atoms. The molecule has 2 aromatic carbocycles. The van der Waals surface area contributed by atoms with Crippen LogP contribution in [0.1, 0.15) is 28.8 Å². The Bertz CT molecular complexity index is 1060. The number of ketones is 1. The molecule has 150 valence electrons. The van der Waals surface area contributed by atoms with Crippen LogP contribution in [0.2, 0.25) is 0 Å². The number of carbonyl (C=O) groups excluding carboxylic acids is 2. The largest absolute Gasteiger partial charge is 0.497 e. The molecule has 1 saturated heterocycles. The highest BCUT2D eigenvalue weighted by atomic mass is 16.5. The Labute approximate surface area is 170 Å². The van der Waals surface area contributed by atoms with E-state index >= 15 is 0 Å². The van der Waals surface area contributed by atoms with E-state index in [1.807, 2.05) is 58.9 Å². The molecule has 0 bridgehead atoms. The smallest absolute Gasteiger partial charge is 0.242 e. The van der Waals surface area contributed by atoms with Crippen LogP contribution in [-0.4, -0.2) is 46.3 Å². The van der Waals surface area contributed by atoms with E-state index < -0.39 is 0 Å². The summed E-state index contributed by atoms with van der Waals surface area (Å²) in [5, 5.41) is 0. The first-order valence-corrected chi connectivity index (χ1v) is 9.93. The first-order valence-electron chi connectivity index (χ1n) is 9.93. The van der Waals surface area contributed by atoms with Crippen molar-refractivity contribution in [3.63, 3.8) is 0 Å². The van der Waals surface area contributed by atoms with Gasteiger partial charge in [-0.05, 0) is 55.7 Å². The predicted octanol–water partition coefficient (Wildman–Crippen LogP) is 3.47. The maximum atomic E-state index is 13.1. The summed E-state index contributed by atoms with van der Waals surface area (Å²) in [6.07, 6.45) is 3.35. The number of fused-ring (bicyclic) bond motifs is 1. The summed E-state index contributed by atoms with van der Waals surface area (Å²) in [6, 6.07) is 13.3. The van der Waals surface area contributed by atoms with Crippen LogP contribution in [0, 0.1) is 12.8 Å². The van der Waals surface area contributed by atoms with Crippen molar-refractivity contribution in [3.8, 4) is 5.75 Å². The molecule has 29 heavy (non-hydrogen) atoms. The number of carbonyl (C=O) groups is 2. The lowest BCUT2D eigenvalue weighted by Crippen LogP contribution is -2.43. The van der Waals surface area contributed by atoms with Gasteiger partial charge in [-0.15, -0.1) is 0 Å². The fourth-order valence-electron chi connectivity index (χ4n) is 4.06. The number of piperidine rings is 1. The minimum atomic E-state index is -0.167. The number of hydrogen-bond acceptors (Lipinski definition) is 4. The molecule has 0 aliphatic carbocycles. The molecule has 1 fully saturated rings. The van der Waals surface area contributed by atoms with Crippen molar-refractivity contribution >= 4 is 22.7 Å². The minimum absolute atomic E-state index is 0.0251. The first-order chi connectivity index (χ1) is 14.1. The normalized spacial score (nSPS) is 16.8. The third-order valence-corrected chi connectivity index (χ3v) is 5.68. The van der Waals surface area contributed by atoms with Crippen molar-refractivity contribution in [2.75, 3.05) is 20.2 Å². The fourth-order valence-corrected chi connectivity index (χ4v) is 4.06. The number of hydrogen-bond donors (Lipinski definition) is 0. The number of ether oxygens (including phenoxy) is 1. The van der Waals surface area contributed by atoms with Gasteiger partial charge in [0.05, 0.1) is 24.5 Å². The van der Waals surface area contributed by atoms with E-state index in [2.05, 4.69) is 4.98 Å². The van der Waals surface area contributed by atoms with Crippen molar-refractivity contribution in [1.29, 1.82) is 0 Å². The highest BCUT2D eigenvalue weighted by Crippen LogP contribution is 2.25. The van der Waals surface area contributed by atoms with Gasteiger partial charge in [-0.2, -0.15) is 0 Å². The molecule has 1 amide bonds. The maximum absolute atomic E-state index is 13.1. The number of imidazole rings is 1. The van der Waals surface area contributed by atoms with Crippen LogP contribution >= 0.6 is 0 Å². The molecule has 1 aliphatic rings. The van der Waals surface area contributed by atoms with Gasteiger partial charge < -0.3 is 14.2 Å². The Morgan fingerprint density at radius 3 is 2.83 bits per heavy atom. The quantitative estimate of drug-likeness (QED) is 0.625. The van der Waals surface area contributed by atoms with E-state index in [1.165, 1.54) is 0 Å².